The van der Waals surface area contributed by atoms with Crippen molar-refractivity contribution in [1.82, 2.24) is 16.0 Å². The third kappa shape index (κ3) is 13.6. The fourth-order valence-electron chi connectivity index (χ4n) is 3.53. The average molecular weight is 561 g/mol. The van der Waals surface area contributed by atoms with E-state index in [9.17, 15) is 24.0 Å². The number of amides is 4. The molecular weight excluding hydrogens is 512 g/mol. The lowest BCUT2D eigenvalue weighted by atomic mass is 9.97. The molecule has 0 aliphatic rings. The van der Waals surface area contributed by atoms with Crippen molar-refractivity contribution in [1.29, 1.82) is 0 Å². The molecule has 10 nitrogen and oxygen atoms in total. The van der Waals surface area contributed by atoms with E-state index in [0.717, 1.165) is 5.56 Å². The molecule has 0 aromatic heterocycles. The van der Waals surface area contributed by atoms with Crippen LogP contribution < -0.4 is 21.3 Å². The Balaban J connectivity index is 2.51. The van der Waals surface area contributed by atoms with E-state index in [2.05, 4.69) is 21.3 Å². The number of unbranched alkanes of at least 4 members (excludes halogenated alkanes) is 1. The van der Waals surface area contributed by atoms with Crippen LogP contribution in [0.5, 0.6) is 0 Å². The van der Waals surface area contributed by atoms with Gasteiger partial charge in [-0.3, -0.25) is 24.0 Å². The van der Waals surface area contributed by atoms with Crippen LogP contribution in [0, 0.1) is 17.3 Å². The second-order valence-corrected chi connectivity index (χ2v) is 11.9. The van der Waals surface area contributed by atoms with E-state index in [0.29, 0.717) is 37.4 Å². The monoisotopic (exact) mass is 560 g/mol. The van der Waals surface area contributed by atoms with Crippen molar-refractivity contribution in [3.8, 4) is 0 Å². The van der Waals surface area contributed by atoms with Crippen LogP contribution in [0.15, 0.2) is 24.3 Å². The number of hydrogen-bond donors (Lipinski definition) is 4. The first-order chi connectivity index (χ1) is 18.6. The second kappa shape index (κ2) is 16.6. The smallest absolute Gasteiger partial charge is 0.311 e. The Labute approximate surface area is 238 Å². The molecule has 1 aromatic carbocycles. The third-order valence-electron chi connectivity index (χ3n) is 5.97. The maximum atomic E-state index is 12.9. The number of hydrogen-bond acceptors (Lipinski definition) is 6. The van der Waals surface area contributed by atoms with Crippen molar-refractivity contribution in [3.63, 3.8) is 0 Å². The molecule has 0 saturated carbocycles. The molecule has 4 N–H and O–H groups in total. The lowest BCUT2D eigenvalue weighted by Gasteiger charge is -2.24. The van der Waals surface area contributed by atoms with Gasteiger partial charge in [0.2, 0.25) is 23.6 Å². The first-order valence-corrected chi connectivity index (χ1v) is 14.0. The van der Waals surface area contributed by atoms with Gasteiger partial charge in [-0.2, -0.15) is 0 Å². The van der Waals surface area contributed by atoms with E-state index in [1.165, 1.54) is 0 Å². The highest BCUT2D eigenvalue weighted by atomic mass is 16.5. The molecule has 0 aliphatic carbocycles. The topological polar surface area (TPSA) is 143 Å². The van der Waals surface area contributed by atoms with Crippen molar-refractivity contribution in [2.45, 2.75) is 99.8 Å². The summed E-state index contributed by atoms with van der Waals surface area (Å²) >= 11 is 0. The molecule has 0 fully saturated rings. The van der Waals surface area contributed by atoms with Gasteiger partial charge < -0.3 is 26.0 Å². The van der Waals surface area contributed by atoms with Crippen molar-refractivity contribution in [2.75, 3.05) is 11.9 Å². The minimum absolute atomic E-state index is 0.00469. The van der Waals surface area contributed by atoms with E-state index in [1.807, 2.05) is 27.7 Å². The van der Waals surface area contributed by atoms with Crippen LogP contribution in [-0.2, 0) is 35.3 Å². The van der Waals surface area contributed by atoms with Crippen molar-refractivity contribution in [2.24, 2.45) is 17.3 Å². The number of benzene rings is 1. The number of carbonyl (C=O) groups excluding carboxylic acids is 5. The largest absolute Gasteiger partial charge is 0.460 e. The Morgan fingerprint density at radius 3 is 2.00 bits per heavy atom. The Bertz CT molecular complexity index is 998. The lowest BCUT2D eigenvalue weighted by Crippen LogP contribution is -2.53. The summed E-state index contributed by atoms with van der Waals surface area (Å²) in [7, 11) is 0. The molecule has 224 valence electrons. The standard InChI is InChI=1S/C30H48N4O6/c1-19(2)17-25(36)31-16-10-9-11-24(35)34-26(20(3)4)28(38)32-21(5)27(37)33-23-14-12-22(13-15-23)18-40-29(39)30(6,7)8/h12-15,19-21,26H,9-11,16-18H2,1-8H3,(H,31,36)(H,32,38)(H,33,37)(H,34,35)/t21-,26-/m0/s1. The van der Waals surface area contributed by atoms with Gasteiger partial charge in [-0.15, -0.1) is 0 Å². The number of ether oxygens (including phenoxy) is 1. The SMILES string of the molecule is CC(C)CC(=O)NCCCCC(=O)N[C@H](C(=O)N[C@@H](C)C(=O)Nc1ccc(COC(=O)C(C)(C)C)cc1)C(C)C. The minimum Gasteiger partial charge on any atom is -0.460 e. The lowest BCUT2D eigenvalue weighted by molar-refractivity contribution is -0.154. The molecule has 10 heteroatoms. The number of rotatable bonds is 15. The fourth-order valence-corrected chi connectivity index (χ4v) is 3.53. The Morgan fingerprint density at radius 1 is 0.825 bits per heavy atom. The number of carbonyl (C=O) groups is 5. The average Bonchev–Trinajstić information content (AvgIpc) is 2.85. The van der Waals surface area contributed by atoms with Crippen LogP contribution in [0.25, 0.3) is 0 Å². The van der Waals surface area contributed by atoms with E-state index >= 15 is 0 Å². The van der Waals surface area contributed by atoms with Crippen molar-refractivity contribution in [3.05, 3.63) is 29.8 Å². The van der Waals surface area contributed by atoms with E-state index in [-0.39, 0.29) is 36.7 Å². The van der Waals surface area contributed by atoms with Gasteiger partial charge >= 0.3 is 5.97 Å². The maximum Gasteiger partial charge on any atom is 0.311 e. The highest BCUT2D eigenvalue weighted by Gasteiger charge is 2.27. The summed E-state index contributed by atoms with van der Waals surface area (Å²) in [4.78, 5) is 61.6. The maximum absolute atomic E-state index is 12.9. The van der Waals surface area contributed by atoms with Gasteiger partial charge in [0, 0.05) is 25.1 Å². The van der Waals surface area contributed by atoms with Gasteiger partial charge in [-0.05, 0) is 70.1 Å². The molecule has 0 spiro atoms. The van der Waals surface area contributed by atoms with E-state index < -0.39 is 29.3 Å². The van der Waals surface area contributed by atoms with Gasteiger partial charge in [-0.25, -0.2) is 0 Å². The Morgan fingerprint density at radius 2 is 1.45 bits per heavy atom. The zero-order valence-corrected chi connectivity index (χ0v) is 25.3. The van der Waals surface area contributed by atoms with E-state index in [4.69, 9.17) is 4.74 Å². The summed E-state index contributed by atoms with van der Waals surface area (Å²) < 4.78 is 5.30. The highest BCUT2D eigenvalue weighted by molar-refractivity contribution is 5.98. The van der Waals surface area contributed by atoms with Crippen molar-refractivity contribution < 1.29 is 28.7 Å². The second-order valence-electron chi connectivity index (χ2n) is 11.9. The molecule has 0 saturated heterocycles. The number of nitrogens with one attached hydrogen (secondary N) is 4. The predicted octanol–water partition coefficient (Wildman–Crippen LogP) is 3.69. The molecule has 0 radical (unpaired) electrons. The summed E-state index contributed by atoms with van der Waals surface area (Å²) in [6.07, 6.45) is 1.95. The van der Waals surface area contributed by atoms with Gasteiger partial charge in [0.05, 0.1) is 5.41 Å². The minimum atomic E-state index is -0.840. The number of esters is 1. The molecule has 1 aromatic rings. The molecule has 0 heterocycles. The summed E-state index contributed by atoms with van der Waals surface area (Å²) in [5, 5.41) is 11.0. The van der Waals surface area contributed by atoms with Gasteiger partial charge in [0.25, 0.3) is 0 Å². The van der Waals surface area contributed by atoms with Crippen LogP contribution in [0.3, 0.4) is 0 Å². The molecule has 2 atom stereocenters. The molecule has 40 heavy (non-hydrogen) atoms. The summed E-state index contributed by atoms with van der Waals surface area (Å²) in [5.74, 6) is -1.29. The Kier molecular flexibility index (Phi) is 14.4. The van der Waals surface area contributed by atoms with Crippen LogP contribution in [-0.4, -0.2) is 48.2 Å². The molecule has 1 rings (SSSR count). The number of anilines is 1. The quantitative estimate of drug-likeness (QED) is 0.190. The highest BCUT2D eigenvalue weighted by Crippen LogP contribution is 2.17. The summed E-state index contributed by atoms with van der Waals surface area (Å²) in [6, 6.07) is 5.26. The van der Waals surface area contributed by atoms with Crippen LogP contribution in [0.4, 0.5) is 5.69 Å². The van der Waals surface area contributed by atoms with Crippen molar-refractivity contribution >= 4 is 35.3 Å². The fraction of sp³-hybridized carbons (Fsp3) is 0.633. The zero-order chi connectivity index (χ0) is 30.5. The van der Waals surface area contributed by atoms with Gasteiger partial charge in [0.15, 0.2) is 0 Å². The molecule has 0 unspecified atom stereocenters. The van der Waals surface area contributed by atoms with Crippen LogP contribution in [0.1, 0.15) is 86.6 Å². The predicted molar refractivity (Wildman–Crippen MR) is 155 cm³/mol. The molecule has 0 bridgehead atoms. The van der Waals surface area contributed by atoms with Crippen LogP contribution in [0.2, 0.25) is 0 Å². The summed E-state index contributed by atoms with van der Waals surface area (Å²) in [5.41, 5.74) is 0.730. The normalized spacial score (nSPS) is 12.8. The van der Waals surface area contributed by atoms with Crippen LogP contribution >= 0.6 is 0 Å². The third-order valence-corrected chi connectivity index (χ3v) is 5.97. The van der Waals surface area contributed by atoms with Gasteiger partial charge in [-0.1, -0.05) is 39.8 Å². The first-order valence-electron chi connectivity index (χ1n) is 14.0. The van der Waals surface area contributed by atoms with Gasteiger partial charge in [0.1, 0.15) is 18.7 Å². The Hall–Kier alpha value is -3.43. The zero-order valence-electron chi connectivity index (χ0n) is 25.3. The molecule has 0 aliphatic heterocycles. The first kappa shape index (κ1) is 34.6. The van der Waals surface area contributed by atoms with E-state index in [1.54, 1.807) is 52.0 Å². The molecule has 4 amide bonds. The molecular formula is C30H48N4O6. The summed E-state index contributed by atoms with van der Waals surface area (Å²) in [6.45, 7) is 15.2.